The largest absolute Gasteiger partial charge is 0.393 e. The smallest absolute Gasteiger partial charge is 0.337 e. The van der Waals surface area contributed by atoms with Crippen LogP contribution in [0.15, 0.2) is 30.3 Å². The number of imide groups is 1. The van der Waals surface area contributed by atoms with E-state index in [9.17, 15) is 22.8 Å². The van der Waals surface area contributed by atoms with Gasteiger partial charge in [0.2, 0.25) is 5.91 Å². The summed E-state index contributed by atoms with van der Waals surface area (Å²) in [5.41, 5.74) is -0.127. The third-order valence-corrected chi connectivity index (χ3v) is 4.57. The summed E-state index contributed by atoms with van der Waals surface area (Å²) in [4.78, 5) is 24.9. The molecule has 1 spiro atoms. The van der Waals surface area contributed by atoms with Crippen LogP contribution in [0.25, 0.3) is 0 Å². The summed E-state index contributed by atoms with van der Waals surface area (Å²) in [5, 5.41) is 2.53. The van der Waals surface area contributed by atoms with Crippen molar-refractivity contribution in [2.24, 2.45) is 11.3 Å². The van der Waals surface area contributed by atoms with Gasteiger partial charge in [0.05, 0.1) is 11.3 Å². The first kappa shape index (κ1) is 15.8. The van der Waals surface area contributed by atoms with Crippen molar-refractivity contribution in [1.82, 2.24) is 10.2 Å². The van der Waals surface area contributed by atoms with Gasteiger partial charge < -0.3 is 5.32 Å². The molecule has 2 aliphatic rings. The molecule has 1 atom stereocenters. The van der Waals surface area contributed by atoms with E-state index in [4.69, 9.17) is 0 Å². The average Bonchev–Trinajstić information content (AvgIpc) is 3.28. The fourth-order valence-electron chi connectivity index (χ4n) is 2.90. The second-order valence-electron chi connectivity index (χ2n) is 6.28. The summed E-state index contributed by atoms with van der Waals surface area (Å²) >= 11 is 0. The Labute approximate surface area is 131 Å². The van der Waals surface area contributed by atoms with Crippen molar-refractivity contribution < 1.29 is 22.8 Å². The highest BCUT2D eigenvalue weighted by atomic mass is 19.4. The van der Waals surface area contributed by atoms with E-state index in [2.05, 4.69) is 5.32 Å². The van der Waals surface area contributed by atoms with Crippen LogP contribution in [0, 0.1) is 11.3 Å². The lowest BCUT2D eigenvalue weighted by Gasteiger charge is -2.34. The number of carbonyl (C=O) groups is 2. The van der Waals surface area contributed by atoms with Crippen LogP contribution in [-0.4, -0.2) is 36.1 Å². The molecule has 3 amide bonds. The lowest BCUT2D eigenvalue weighted by atomic mass is 9.96. The van der Waals surface area contributed by atoms with Gasteiger partial charge in [0, 0.05) is 13.1 Å². The Hall–Kier alpha value is -2.05. The van der Waals surface area contributed by atoms with Crippen molar-refractivity contribution in [3.63, 3.8) is 0 Å². The van der Waals surface area contributed by atoms with Crippen molar-refractivity contribution in [2.45, 2.75) is 25.4 Å². The molecule has 1 saturated carbocycles. The Kier molecular flexibility index (Phi) is 3.82. The van der Waals surface area contributed by atoms with Gasteiger partial charge in [0.1, 0.15) is 0 Å². The Morgan fingerprint density at radius 1 is 1.17 bits per heavy atom. The minimum atomic E-state index is -4.48. The fourth-order valence-corrected chi connectivity index (χ4v) is 2.90. The molecule has 0 aromatic heterocycles. The molecule has 23 heavy (non-hydrogen) atoms. The van der Waals surface area contributed by atoms with Gasteiger partial charge in [-0.25, -0.2) is 4.79 Å². The zero-order valence-electron chi connectivity index (χ0n) is 12.4. The summed E-state index contributed by atoms with van der Waals surface area (Å²) in [6.07, 6.45) is -3.49. The van der Waals surface area contributed by atoms with E-state index >= 15 is 0 Å². The molecule has 1 aromatic carbocycles. The number of alkyl halides is 3. The van der Waals surface area contributed by atoms with E-state index in [-0.39, 0.29) is 13.0 Å². The highest BCUT2D eigenvalue weighted by molar-refractivity contribution is 6.01. The number of nitrogens with one attached hydrogen (secondary N) is 1. The maximum atomic E-state index is 13.4. The fraction of sp³-hybridized carbons (Fsp3) is 0.500. The van der Waals surface area contributed by atoms with Crippen molar-refractivity contribution in [2.75, 3.05) is 13.1 Å². The second-order valence-corrected chi connectivity index (χ2v) is 6.28. The summed E-state index contributed by atoms with van der Waals surface area (Å²) in [6.45, 7) is -0.401. The Bertz CT molecular complexity index is 612. The molecule has 4 nitrogen and oxygen atoms in total. The quantitative estimate of drug-likeness (QED) is 0.925. The number of hydrogen-bond donors (Lipinski definition) is 1. The maximum absolute atomic E-state index is 13.4. The number of nitrogens with zero attached hydrogens (tertiary/aromatic N) is 1. The highest BCUT2D eigenvalue weighted by Crippen LogP contribution is 2.48. The molecule has 3 rings (SSSR count). The third kappa shape index (κ3) is 3.18. The normalized spacial score (nSPS) is 21.3. The van der Waals surface area contributed by atoms with Crippen molar-refractivity contribution in [1.29, 1.82) is 0 Å². The van der Waals surface area contributed by atoms with E-state index in [0.29, 0.717) is 18.4 Å². The zero-order valence-corrected chi connectivity index (χ0v) is 12.4. The number of halogens is 3. The zero-order chi connectivity index (χ0) is 16.7. The molecule has 1 aromatic rings. The van der Waals surface area contributed by atoms with Crippen molar-refractivity contribution >= 4 is 11.9 Å². The van der Waals surface area contributed by atoms with Gasteiger partial charge in [-0.1, -0.05) is 30.3 Å². The maximum Gasteiger partial charge on any atom is 0.393 e. The summed E-state index contributed by atoms with van der Waals surface area (Å²) in [6, 6.07) is 7.56. The van der Waals surface area contributed by atoms with Gasteiger partial charge in [-0.05, 0) is 24.8 Å². The molecule has 7 heteroatoms. The number of carbonyl (C=O) groups excluding carboxylic acids is 2. The van der Waals surface area contributed by atoms with Crippen LogP contribution < -0.4 is 5.32 Å². The average molecular weight is 326 g/mol. The SMILES string of the molecule is O=C1NCC2(CC2)C(=O)N1CC(Cc1ccccc1)C(F)(F)F. The minimum absolute atomic E-state index is 0.233. The van der Waals surface area contributed by atoms with Gasteiger partial charge >= 0.3 is 12.2 Å². The first-order valence-electron chi connectivity index (χ1n) is 7.52. The predicted molar refractivity (Wildman–Crippen MR) is 76.5 cm³/mol. The monoisotopic (exact) mass is 326 g/mol. The molecule has 0 bridgehead atoms. The van der Waals surface area contributed by atoms with E-state index in [0.717, 1.165) is 4.90 Å². The number of hydrogen-bond acceptors (Lipinski definition) is 2. The van der Waals surface area contributed by atoms with Gasteiger partial charge in [0.15, 0.2) is 0 Å². The second kappa shape index (κ2) is 5.54. The summed E-state index contributed by atoms with van der Waals surface area (Å²) in [7, 11) is 0. The van der Waals surface area contributed by atoms with Crippen LogP contribution in [0.3, 0.4) is 0 Å². The minimum Gasteiger partial charge on any atom is -0.337 e. The van der Waals surface area contributed by atoms with E-state index in [1.54, 1.807) is 30.3 Å². The van der Waals surface area contributed by atoms with Crippen LogP contribution in [-0.2, 0) is 11.2 Å². The number of benzene rings is 1. The molecule has 1 aliphatic heterocycles. The lowest BCUT2D eigenvalue weighted by molar-refractivity contribution is -0.179. The lowest BCUT2D eigenvalue weighted by Crippen LogP contribution is -2.58. The van der Waals surface area contributed by atoms with Crippen LogP contribution >= 0.6 is 0 Å². The third-order valence-electron chi connectivity index (χ3n) is 4.57. The molecule has 1 saturated heterocycles. The number of urea groups is 1. The number of amides is 3. The Morgan fingerprint density at radius 3 is 2.39 bits per heavy atom. The predicted octanol–water partition coefficient (Wildman–Crippen LogP) is 2.74. The topological polar surface area (TPSA) is 49.4 Å². The molecule has 0 radical (unpaired) electrons. The van der Waals surface area contributed by atoms with Crippen molar-refractivity contribution in [3.05, 3.63) is 35.9 Å². The van der Waals surface area contributed by atoms with E-state index in [1.807, 2.05) is 0 Å². The van der Waals surface area contributed by atoms with Crippen LogP contribution in [0.4, 0.5) is 18.0 Å². The van der Waals surface area contributed by atoms with Crippen LogP contribution in [0.5, 0.6) is 0 Å². The van der Waals surface area contributed by atoms with Crippen LogP contribution in [0.1, 0.15) is 18.4 Å². The van der Waals surface area contributed by atoms with Gasteiger partial charge in [0.25, 0.3) is 0 Å². The molecule has 1 heterocycles. The van der Waals surface area contributed by atoms with Gasteiger partial charge in [-0.2, -0.15) is 13.2 Å². The first-order valence-corrected chi connectivity index (χ1v) is 7.52. The number of rotatable bonds is 4. The summed E-state index contributed by atoms with van der Waals surface area (Å²) in [5.74, 6) is -2.24. The molecular weight excluding hydrogens is 309 g/mol. The molecule has 2 fully saturated rings. The van der Waals surface area contributed by atoms with E-state index in [1.165, 1.54) is 0 Å². The molecule has 1 aliphatic carbocycles. The Balaban J connectivity index is 1.78. The molecule has 124 valence electrons. The van der Waals surface area contributed by atoms with Gasteiger partial charge in [-0.3, -0.25) is 9.69 Å². The molecule has 1 N–H and O–H groups in total. The van der Waals surface area contributed by atoms with Crippen molar-refractivity contribution in [3.8, 4) is 0 Å². The molecule has 1 unspecified atom stereocenters. The summed E-state index contributed by atoms with van der Waals surface area (Å²) < 4.78 is 40.1. The molecular formula is C16H17F3N2O2. The standard InChI is InChI=1S/C16H17F3N2O2/c17-16(18,19)12(8-11-4-2-1-3-5-11)9-21-13(22)15(6-7-15)10-20-14(21)23/h1-5,12H,6-10H2,(H,20,23). The van der Waals surface area contributed by atoms with Gasteiger partial charge in [-0.15, -0.1) is 0 Å². The van der Waals surface area contributed by atoms with Crippen LogP contribution in [0.2, 0.25) is 0 Å². The first-order chi connectivity index (χ1) is 10.8. The Morgan fingerprint density at radius 2 is 1.83 bits per heavy atom. The highest BCUT2D eigenvalue weighted by Gasteiger charge is 2.56. The van der Waals surface area contributed by atoms with E-state index < -0.39 is 36.0 Å².